The third-order valence-electron chi connectivity index (χ3n) is 6.01. The number of rotatable bonds is 5. The third-order valence-corrected chi connectivity index (χ3v) is 6.35. The number of amides is 1. The van der Waals surface area contributed by atoms with Gasteiger partial charge >= 0.3 is 5.97 Å². The maximum Gasteiger partial charge on any atom is 0.326 e. The molecule has 0 radical (unpaired) electrons. The number of aliphatic carboxylic acids is 1. The summed E-state index contributed by atoms with van der Waals surface area (Å²) in [5, 5.41) is 10.3. The van der Waals surface area contributed by atoms with Crippen LogP contribution in [0.5, 0.6) is 0 Å². The monoisotopic (exact) mass is 433 g/mol. The minimum absolute atomic E-state index is 0.287. The largest absolute Gasteiger partial charge is 0.480 e. The maximum absolute atomic E-state index is 13.4. The van der Waals surface area contributed by atoms with Crippen molar-refractivity contribution in [3.05, 3.63) is 94.5 Å². The second-order valence-electron chi connectivity index (χ2n) is 7.77. The van der Waals surface area contributed by atoms with Crippen LogP contribution in [-0.4, -0.2) is 27.9 Å². The highest BCUT2D eigenvalue weighted by atomic mass is 35.5. The molecular weight excluding hydrogens is 410 g/mol. The first kappa shape index (κ1) is 21.1. The van der Waals surface area contributed by atoms with Gasteiger partial charge in [-0.15, -0.1) is 0 Å². The van der Waals surface area contributed by atoms with Crippen molar-refractivity contribution >= 4 is 23.5 Å². The summed E-state index contributed by atoms with van der Waals surface area (Å²) in [6, 6.07) is 21.7. The van der Waals surface area contributed by atoms with Crippen LogP contribution >= 0.6 is 11.6 Å². The highest BCUT2D eigenvalue weighted by molar-refractivity contribution is 6.31. The second kappa shape index (κ2) is 8.94. The number of carbonyl (C=O) groups is 2. The van der Waals surface area contributed by atoms with Crippen molar-refractivity contribution in [1.29, 1.82) is 0 Å². The minimum Gasteiger partial charge on any atom is -0.480 e. The van der Waals surface area contributed by atoms with Gasteiger partial charge in [-0.1, -0.05) is 73.1 Å². The molecule has 1 fully saturated rings. The Morgan fingerprint density at radius 1 is 0.968 bits per heavy atom. The van der Waals surface area contributed by atoms with Crippen LogP contribution in [0.25, 0.3) is 11.1 Å². The molecule has 0 bridgehead atoms. The number of aryl methyl sites for hydroxylation is 1. The summed E-state index contributed by atoms with van der Waals surface area (Å²) in [7, 11) is 0. The Bertz CT molecular complexity index is 1110. The molecule has 4 nitrogen and oxygen atoms in total. The number of hydrogen-bond acceptors (Lipinski definition) is 2. The lowest BCUT2D eigenvalue weighted by atomic mass is 9.97. The van der Waals surface area contributed by atoms with Crippen molar-refractivity contribution in [3.8, 4) is 11.1 Å². The molecule has 0 aliphatic carbocycles. The zero-order valence-corrected chi connectivity index (χ0v) is 18.0. The molecule has 1 unspecified atom stereocenters. The summed E-state index contributed by atoms with van der Waals surface area (Å²) in [6.07, 6.45) is 1.89. The fraction of sp³-hybridized carbons (Fsp3) is 0.231. The Hall–Kier alpha value is -3.11. The molecule has 0 spiro atoms. The molecule has 3 aromatic rings. The maximum atomic E-state index is 13.4. The minimum atomic E-state index is -0.989. The van der Waals surface area contributed by atoms with E-state index in [1.54, 1.807) is 18.2 Å². The number of hydrogen-bond donors (Lipinski definition) is 1. The van der Waals surface area contributed by atoms with Crippen LogP contribution in [0.3, 0.4) is 0 Å². The molecule has 2 atom stereocenters. The lowest BCUT2D eigenvalue weighted by Crippen LogP contribution is -2.41. The van der Waals surface area contributed by atoms with E-state index in [0.717, 1.165) is 23.1 Å². The molecule has 1 aliphatic heterocycles. The van der Waals surface area contributed by atoms with E-state index >= 15 is 0 Å². The normalized spacial score (nSPS) is 18.2. The summed E-state index contributed by atoms with van der Waals surface area (Å²) in [5.74, 6) is -1.28. The Kier molecular flexibility index (Phi) is 6.10. The number of nitrogens with zero attached hydrogens (tertiary/aromatic N) is 1. The number of likely N-dealkylation sites (tertiary alicyclic amines) is 1. The highest BCUT2D eigenvalue weighted by Gasteiger charge is 2.42. The van der Waals surface area contributed by atoms with Crippen LogP contribution in [0.1, 0.15) is 47.3 Å². The van der Waals surface area contributed by atoms with Gasteiger partial charge < -0.3 is 10.0 Å². The zero-order valence-electron chi connectivity index (χ0n) is 17.3. The van der Waals surface area contributed by atoms with Gasteiger partial charge in [-0.25, -0.2) is 4.79 Å². The average Bonchev–Trinajstić information content (AvgIpc) is 3.24. The van der Waals surface area contributed by atoms with Crippen LogP contribution in [-0.2, 0) is 11.2 Å². The number of carboxylic acids is 1. The fourth-order valence-electron chi connectivity index (χ4n) is 4.44. The predicted molar refractivity (Wildman–Crippen MR) is 122 cm³/mol. The standard InChI is InChI=1S/C26H24ClNO3/c1-2-17-7-3-4-8-20(17)18-11-13-19(14-12-18)25(29)28-23(15-16-24(28)26(30)31)21-9-5-6-10-22(21)27/h3-14,23-24H,2,15-16H2,1H3,(H,30,31)/t23?,24-/m0/s1. The second-order valence-corrected chi connectivity index (χ2v) is 8.18. The first-order valence-corrected chi connectivity index (χ1v) is 10.9. The molecule has 1 amide bonds. The molecule has 1 N–H and O–H groups in total. The van der Waals surface area contributed by atoms with Gasteiger partial charge in [0.1, 0.15) is 6.04 Å². The number of carbonyl (C=O) groups excluding carboxylic acids is 1. The smallest absolute Gasteiger partial charge is 0.326 e. The van der Waals surface area contributed by atoms with E-state index in [1.807, 2.05) is 42.5 Å². The van der Waals surface area contributed by atoms with Crippen LogP contribution in [0.15, 0.2) is 72.8 Å². The summed E-state index contributed by atoms with van der Waals surface area (Å²) in [4.78, 5) is 26.8. The molecule has 1 heterocycles. The Balaban J connectivity index is 1.67. The fourth-order valence-corrected chi connectivity index (χ4v) is 4.70. The van der Waals surface area contributed by atoms with Crippen LogP contribution in [0.2, 0.25) is 5.02 Å². The van der Waals surface area contributed by atoms with E-state index in [1.165, 1.54) is 10.5 Å². The van der Waals surface area contributed by atoms with Gasteiger partial charge in [-0.2, -0.15) is 0 Å². The van der Waals surface area contributed by atoms with Crippen LogP contribution in [0.4, 0.5) is 0 Å². The average molecular weight is 434 g/mol. The van der Waals surface area contributed by atoms with Gasteiger partial charge in [0.15, 0.2) is 0 Å². The van der Waals surface area contributed by atoms with E-state index in [-0.39, 0.29) is 11.9 Å². The topological polar surface area (TPSA) is 57.6 Å². The molecule has 3 aromatic carbocycles. The van der Waals surface area contributed by atoms with Gasteiger partial charge in [0, 0.05) is 10.6 Å². The Labute approximate surface area is 187 Å². The third kappa shape index (κ3) is 4.08. The molecule has 5 heteroatoms. The molecule has 31 heavy (non-hydrogen) atoms. The summed E-state index contributed by atoms with van der Waals surface area (Å²) >= 11 is 6.38. The zero-order chi connectivity index (χ0) is 22.0. The lowest BCUT2D eigenvalue weighted by molar-refractivity contribution is -0.141. The van der Waals surface area contributed by atoms with E-state index < -0.39 is 12.0 Å². The van der Waals surface area contributed by atoms with E-state index in [0.29, 0.717) is 23.4 Å². The molecule has 0 saturated carbocycles. The van der Waals surface area contributed by atoms with Gasteiger partial charge in [0.25, 0.3) is 5.91 Å². The van der Waals surface area contributed by atoms with E-state index in [9.17, 15) is 14.7 Å². The van der Waals surface area contributed by atoms with Gasteiger partial charge in [0.05, 0.1) is 6.04 Å². The van der Waals surface area contributed by atoms with Crippen molar-refractivity contribution in [1.82, 2.24) is 4.90 Å². The van der Waals surface area contributed by atoms with Crippen molar-refractivity contribution in [3.63, 3.8) is 0 Å². The number of carboxylic acid groups (broad SMARTS) is 1. The highest BCUT2D eigenvalue weighted by Crippen LogP contribution is 2.40. The van der Waals surface area contributed by atoms with Crippen molar-refractivity contribution in [2.75, 3.05) is 0 Å². The SMILES string of the molecule is CCc1ccccc1-c1ccc(C(=O)N2C(c3ccccc3Cl)CC[C@H]2C(=O)O)cc1. The summed E-state index contributed by atoms with van der Waals surface area (Å²) in [6.45, 7) is 2.12. The van der Waals surface area contributed by atoms with E-state index in [4.69, 9.17) is 11.6 Å². The van der Waals surface area contributed by atoms with Gasteiger partial charge in [-0.3, -0.25) is 4.79 Å². The first-order chi connectivity index (χ1) is 15.0. The predicted octanol–water partition coefficient (Wildman–Crippen LogP) is 6.00. The molecule has 158 valence electrons. The van der Waals surface area contributed by atoms with E-state index in [2.05, 4.69) is 19.1 Å². The van der Waals surface area contributed by atoms with Crippen LogP contribution < -0.4 is 0 Å². The molecule has 1 saturated heterocycles. The molecular formula is C26H24ClNO3. The van der Waals surface area contributed by atoms with Crippen molar-refractivity contribution in [2.45, 2.75) is 38.3 Å². The van der Waals surface area contributed by atoms with Crippen molar-refractivity contribution < 1.29 is 14.7 Å². The molecule has 1 aliphatic rings. The summed E-state index contributed by atoms with van der Waals surface area (Å²) < 4.78 is 0. The van der Waals surface area contributed by atoms with Gasteiger partial charge in [0.2, 0.25) is 0 Å². The molecule has 0 aromatic heterocycles. The lowest BCUT2D eigenvalue weighted by Gasteiger charge is -2.29. The number of benzene rings is 3. The van der Waals surface area contributed by atoms with Gasteiger partial charge in [-0.05, 0) is 59.7 Å². The summed E-state index contributed by atoms with van der Waals surface area (Å²) in [5.41, 5.74) is 4.68. The van der Waals surface area contributed by atoms with Crippen molar-refractivity contribution in [2.24, 2.45) is 0 Å². The Morgan fingerprint density at radius 3 is 2.32 bits per heavy atom. The Morgan fingerprint density at radius 2 is 1.65 bits per heavy atom. The van der Waals surface area contributed by atoms with Crippen LogP contribution in [0, 0.1) is 0 Å². The first-order valence-electron chi connectivity index (χ1n) is 10.5. The number of halogens is 1. The quantitative estimate of drug-likeness (QED) is 0.536. The molecule has 4 rings (SSSR count).